The molecule has 6 nitrogen and oxygen atoms in total. The standard InChI is InChI=1S/C9H18N4O2S/c1-6(4-5-16(3)14)11-9-13-12-8(15-9)7(2)10/h6-7H,4-5,10H2,1-3H3,(H,11,13). The molecule has 92 valence electrons. The zero-order chi connectivity index (χ0) is 12.1. The van der Waals surface area contributed by atoms with E-state index in [-0.39, 0.29) is 12.1 Å². The zero-order valence-corrected chi connectivity index (χ0v) is 10.6. The highest BCUT2D eigenvalue weighted by Gasteiger charge is 2.11. The maximum atomic E-state index is 10.9. The molecule has 0 fully saturated rings. The Morgan fingerprint density at radius 2 is 2.19 bits per heavy atom. The molecule has 0 aromatic carbocycles. The van der Waals surface area contributed by atoms with Crippen LogP contribution in [-0.4, -0.2) is 32.5 Å². The lowest BCUT2D eigenvalue weighted by Gasteiger charge is -2.10. The van der Waals surface area contributed by atoms with E-state index in [1.54, 1.807) is 13.2 Å². The van der Waals surface area contributed by atoms with E-state index in [9.17, 15) is 4.21 Å². The van der Waals surface area contributed by atoms with Crippen molar-refractivity contribution in [3.63, 3.8) is 0 Å². The second-order valence-corrected chi connectivity index (χ2v) is 5.40. The van der Waals surface area contributed by atoms with Crippen molar-refractivity contribution >= 4 is 16.8 Å². The Morgan fingerprint density at radius 3 is 2.69 bits per heavy atom. The van der Waals surface area contributed by atoms with Crippen LogP contribution in [0.25, 0.3) is 0 Å². The Hall–Kier alpha value is -0.950. The largest absolute Gasteiger partial charge is 0.406 e. The fourth-order valence-electron chi connectivity index (χ4n) is 1.10. The number of aromatic nitrogens is 2. The average Bonchev–Trinajstić information content (AvgIpc) is 2.63. The third-order valence-corrected chi connectivity index (χ3v) is 2.85. The SMILES string of the molecule is CC(CCS(C)=O)Nc1nnc(C(C)N)o1. The van der Waals surface area contributed by atoms with E-state index in [0.717, 1.165) is 6.42 Å². The normalized spacial score (nSPS) is 16.8. The monoisotopic (exact) mass is 246 g/mol. The third kappa shape index (κ3) is 4.28. The smallest absolute Gasteiger partial charge is 0.315 e. The van der Waals surface area contributed by atoms with Gasteiger partial charge < -0.3 is 15.5 Å². The summed E-state index contributed by atoms with van der Waals surface area (Å²) in [5, 5.41) is 10.7. The lowest BCUT2D eigenvalue weighted by atomic mass is 10.3. The highest BCUT2D eigenvalue weighted by atomic mass is 32.2. The fraction of sp³-hybridized carbons (Fsp3) is 0.778. The molecule has 1 aromatic heterocycles. The summed E-state index contributed by atoms with van der Waals surface area (Å²) in [6.45, 7) is 3.75. The molecule has 3 unspecified atom stereocenters. The van der Waals surface area contributed by atoms with Gasteiger partial charge in [0.2, 0.25) is 5.89 Å². The molecule has 1 heterocycles. The van der Waals surface area contributed by atoms with Crippen LogP contribution in [0, 0.1) is 0 Å². The fourth-order valence-corrected chi connectivity index (χ4v) is 1.79. The molecule has 7 heteroatoms. The number of rotatable bonds is 6. The van der Waals surface area contributed by atoms with Crippen molar-refractivity contribution in [3.8, 4) is 0 Å². The van der Waals surface area contributed by atoms with Crippen molar-refractivity contribution in [1.29, 1.82) is 0 Å². The van der Waals surface area contributed by atoms with Crippen LogP contribution in [0.5, 0.6) is 0 Å². The average molecular weight is 246 g/mol. The first kappa shape index (κ1) is 13.1. The van der Waals surface area contributed by atoms with Gasteiger partial charge in [0, 0.05) is 28.9 Å². The molecule has 1 aromatic rings. The van der Waals surface area contributed by atoms with Crippen LogP contribution in [0.1, 0.15) is 32.2 Å². The predicted octanol–water partition coefficient (Wildman–Crippen LogP) is 0.658. The summed E-state index contributed by atoms with van der Waals surface area (Å²) in [5.41, 5.74) is 5.59. The van der Waals surface area contributed by atoms with E-state index in [1.807, 2.05) is 6.92 Å². The number of anilines is 1. The minimum atomic E-state index is -0.773. The van der Waals surface area contributed by atoms with Crippen LogP contribution in [0.15, 0.2) is 4.42 Å². The van der Waals surface area contributed by atoms with Crippen LogP contribution in [-0.2, 0) is 10.8 Å². The van der Waals surface area contributed by atoms with Gasteiger partial charge in [-0.25, -0.2) is 0 Å². The van der Waals surface area contributed by atoms with Gasteiger partial charge in [0.1, 0.15) is 0 Å². The van der Waals surface area contributed by atoms with Crippen molar-refractivity contribution in [2.24, 2.45) is 5.73 Å². The molecular formula is C9H18N4O2S. The Labute approximate surface area is 97.5 Å². The first-order valence-corrected chi connectivity index (χ1v) is 6.87. The zero-order valence-electron chi connectivity index (χ0n) is 9.77. The number of nitrogens with two attached hydrogens (primary N) is 1. The number of nitrogens with one attached hydrogen (secondary N) is 1. The van der Waals surface area contributed by atoms with E-state index in [4.69, 9.17) is 10.2 Å². The number of hydrogen-bond donors (Lipinski definition) is 2. The Morgan fingerprint density at radius 1 is 1.50 bits per heavy atom. The molecule has 3 atom stereocenters. The van der Waals surface area contributed by atoms with Gasteiger partial charge in [-0.15, -0.1) is 5.10 Å². The molecule has 1 rings (SSSR count). The minimum Gasteiger partial charge on any atom is -0.406 e. The maximum absolute atomic E-state index is 10.9. The highest BCUT2D eigenvalue weighted by Crippen LogP contribution is 2.12. The van der Waals surface area contributed by atoms with Crippen molar-refractivity contribution in [2.45, 2.75) is 32.4 Å². The van der Waals surface area contributed by atoms with Crippen LogP contribution < -0.4 is 11.1 Å². The molecular weight excluding hydrogens is 228 g/mol. The summed E-state index contributed by atoms with van der Waals surface area (Å²) in [6.07, 6.45) is 2.48. The lowest BCUT2D eigenvalue weighted by Crippen LogP contribution is -2.18. The lowest BCUT2D eigenvalue weighted by molar-refractivity contribution is 0.468. The molecule has 0 aliphatic heterocycles. The second kappa shape index (κ2) is 5.95. The first-order chi connectivity index (χ1) is 7.49. The first-order valence-electron chi connectivity index (χ1n) is 5.14. The summed E-state index contributed by atoms with van der Waals surface area (Å²) in [4.78, 5) is 0. The van der Waals surface area contributed by atoms with Gasteiger partial charge in [-0.2, -0.15) is 0 Å². The molecule has 0 spiro atoms. The van der Waals surface area contributed by atoms with Gasteiger partial charge in [0.15, 0.2) is 0 Å². The Kier molecular flexibility index (Phi) is 4.88. The van der Waals surface area contributed by atoms with E-state index in [1.165, 1.54) is 0 Å². The van der Waals surface area contributed by atoms with E-state index >= 15 is 0 Å². The van der Waals surface area contributed by atoms with E-state index < -0.39 is 10.8 Å². The molecule has 0 bridgehead atoms. The van der Waals surface area contributed by atoms with Gasteiger partial charge in [-0.3, -0.25) is 4.21 Å². The molecule has 0 saturated heterocycles. The van der Waals surface area contributed by atoms with Crippen LogP contribution in [0.3, 0.4) is 0 Å². The summed E-state index contributed by atoms with van der Waals surface area (Å²) in [5.74, 6) is 1.07. The van der Waals surface area contributed by atoms with Gasteiger partial charge in [-0.1, -0.05) is 5.10 Å². The molecule has 0 radical (unpaired) electrons. The molecule has 0 saturated carbocycles. The van der Waals surface area contributed by atoms with Gasteiger partial charge in [0.05, 0.1) is 6.04 Å². The predicted molar refractivity (Wildman–Crippen MR) is 63.5 cm³/mol. The summed E-state index contributed by atoms with van der Waals surface area (Å²) < 4.78 is 16.2. The summed E-state index contributed by atoms with van der Waals surface area (Å²) >= 11 is 0. The molecule has 0 aliphatic rings. The molecule has 3 N–H and O–H groups in total. The Balaban J connectivity index is 2.43. The van der Waals surface area contributed by atoms with Gasteiger partial charge >= 0.3 is 6.01 Å². The van der Waals surface area contributed by atoms with Crippen LogP contribution in [0.4, 0.5) is 6.01 Å². The Bertz CT molecular complexity index is 353. The maximum Gasteiger partial charge on any atom is 0.315 e. The van der Waals surface area contributed by atoms with Crippen molar-refractivity contribution in [1.82, 2.24) is 10.2 Å². The van der Waals surface area contributed by atoms with E-state index in [0.29, 0.717) is 17.7 Å². The number of nitrogens with zero attached hydrogens (tertiary/aromatic N) is 2. The van der Waals surface area contributed by atoms with Crippen molar-refractivity contribution in [2.75, 3.05) is 17.3 Å². The molecule has 0 aliphatic carbocycles. The van der Waals surface area contributed by atoms with Gasteiger partial charge in [0.25, 0.3) is 0 Å². The van der Waals surface area contributed by atoms with Crippen molar-refractivity contribution < 1.29 is 8.63 Å². The van der Waals surface area contributed by atoms with Crippen LogP contribution in [0.2, 0.25) is 0 Å². The molecule has 0 amide bonds. The highest BCUT2D eigenvalue weighted by molar-refractivity contribution is 7.84. The minimum absolute atomic E-state index is 0.144. The second-order valence-electron chi connectivity index (χ2n) is 3.85. The summed E-state index contributed by atoms with van der Waals surface area (Å²) in [6, 6.07) is 0.244. The number of hydrogen-bond acceptors (Lipinski definition) is 6. The van der Waals surface area contributed by atoms with Gasteiger partial charge in [-0.05, 0) is 20.3 Å². The molecule has 16 heavy (non-hydrogen) atoms. The van der Waals surface area contributed by atoms with Crippen molar-refractivity contribution in [3.05, 3.63) is 5.89 Å². The quantitative estimate of drug-likeness (QED) is 0.765. The topological polar surface area (TPSA) is 94.0 Å². The third-order valence-electron chi connectivity index (χ3n) is 2.04. The van der Waals surface area contributed by atoms with E-state index in [2.05, 4.69) is 15.5 Å². The van der Waals surface area contributed by atoms with Crippen LogP contribution >= 0.6 is 0 Å². The summed E-state index contributed by atoms with van der Waals surface area (Å²) in [7, 11) is -0.773.